The van der Waals surface area contributed by atoms with Crippen molar-refractivity contribution in [2.45, 2.75) is 45.4 Å². The van der Waals surface area contributed by atoms with Gasteiger partial charge in [-0.3, -0.25) is 9.59 Å². The fraction of sp³-hybridized carbons (Fsp3) is 0.556. The Morgan fingerprint density at radius 2 is 2.15 bits per heavy atom. The average molecular weight is 376 g/mol. The Morgan fingerprint density at radius 3 is 2.81 bits per heavy atom. The van der Waals surface area contributed by atoms with E-state index in [1.807, 2.05) is 0 Å². The quantitative estimate of drug-likeness (QED) is 0.833. The van der Waals surface area contributed by atoms with Crippen molar-refractivity contribution >= 4 is 28.3 Å². The van der Waals surface area contributed by atoms with Gasteiger partial charge in [0.15, 0.2) is 5.76 Å². The number of piperidine rings is 1. The van der Waals surface area contributed by atoms with Crippen LogP contribution in [0.2, 0.25) is 0 Å². The number of aromatic nitrogens is 2. The summed E-state index contributed by atoms with van der Waals surface area (Å²) in [6, 6.07) is 3.36. The summed E-state index contributed by atoms with van der Waals surface area (Å²) in [6.45, 7) is 5.36. The molecule has 1 N–H and O–H groups in total. The van der Waals surface area contributed by atoms with Gasteiger partial charge >= 0.3 is 0 Å². The van der Waals surface area contributed by atoms with Gasteiger partial charge in [-0.15, -0.1) is 10.2 Å². The van der Waals surface area contributed by atoms with Gasteiger partial charge in [0.05, 0.1) is 6.26 Å². The van der Waals surface area contributed by atoms with E-state index in [9.17, 15) is 9.59 Å². The summed E-state index contributed by atoms with van der Waals surface area (Å²) in [7, 11) is 0. The summed E-state index contributed by atoms with van der Waals surface area (Å²) in [5.74, 6) is 0.430. The van der Waals surface area contributed by atoms with Crippen LogP contribution in [0.3, 0.4) is 0 Å². The van der Waals surface area contributed by atoms with E-state index in [1.165, 1.54) is 17.6 Å². The second kappa shape index (κ2) is 8.44. The molecule has 26 heavy (non-hydrogen) atoms. The molecule has 2 aromatic heterocycles. The van der Waals surface area contributed by atoms with E-state index in [1.54, 1.807) is 17.0 Å². The Morgan fingerprint density at radius 1 is 1.38 bits per heavy atom. The number of anilines is 1. The van der Waals surface area contributed by atoms with Crippen molar-refractivity contribution in [1.82, 2.24) is 15.1 Å². The molecule has 3 heterocycles. The molecule has 0 unspecified atom stereocenters. The van der Waals surface area contributed by atoms with E-state index in [-0.39, 0.29) is 17.7 Å². The largest absolute Gasteiger partial charge is 0.459 e. The van der Waals surface area contributed by atoms with Gasteiger partial charge in [-0.05, 0) is 31.4 Å². The summed E-state index contributed by atoms with van der Waals surface area (Å²) in [5, 5.41) is 12.7. The van der Waals surface area contributed by atoms with Crippen LogP contribution in [0.1, 0.15) is 61.0 Å². The number of carbonyl (C=O) groups is 2. The third-order valence-corrected chi connectivity index (χ3v) is 5.77. The van der Waals surface area contributed by atoms with Gasteiger partial charge in [0, 0.05) is 24.9 Å². The first-order valence-electron chi connectivity index (χ1n) is 9.05. The number of nitrogens with zero attached hydrogens (tertiary/aromatic N) is 3. The van der Waals surface area contributed by atoms with Crippen molar-refractivity contribution in [3.63, 3.8) is 0 Å². The standard InChI is InChI=1S/C18H24N4O3S/c1-3-5-12(2)16-20-21-18(26-16)19-15(23)13-7-9-22(10-8-13)17(24)14-6-4-11-25-14/h4,6,11-13H,3,5,7-10H2,1-2H3,(H,19,21,23)/t12-/m0/s1. The molecule has 0 saturated carbocycles. The van der Waals surface area contributed by atoms with Gasteiger partial charge in [0.25, 0.3) is 5.91 Å². The topological polar surface area (TPSA) is 88.3 Å². The van der Waals surface area contributed by atoms with Crippen molar-refractivity contribution in [1.29, 1.82) is 0 Å². The maximum Gasteiger partial charge on any atom is 0.289 e. The third-order valence-electron chi connectivity index (χ3n) is 4.70. The number of carbonyl (C=O) groups excluding carboxylic acids is 2. The summed E-state index contributed by atoms with van der Waals surface area (Å²) in [5.41, 5.74) is 0. The van der Waals surface area contributed by atoms with E-state index in [0.29, 0.717) is 42.7 Å². The first-order chi connectivity index (χ1) is 12.6. The highest BCUT2D eigenvalue weighted by Crippen LogP contribution is 2.27. The first kappa shape index (κ1) is 18.6. The van der Waals surface area contributed by atoms with Crippen LogP contribution in [-0.2, 0) is 4.79 Å². The Balaban J connectivity index is 1.50. The van der Waals surface area contributed by atoms with Gasteiger partial charge in [-0.25, -0.2) is 0 Å². The second-order valence-corrected chi connectivity index (χ2v) is 7.68. The van der Waals surface area contributed by atoms with E-state index < -0.39 is 0 Å². The molecule has 1 aliphatic heterocycles. The minimum atomic E-state index is -0.118. The number of rotatable bonds is 6. The first-order valence-corrected chi connectivity index (χ1v) is 9.87. The highest BCUT2D eigenvalue weighted by Gasteiger charge is 2.29. The molecule has 1 atom stereocenters. The fourth-order valence-electron chi connectivity index (χ4n) is 3.15. The monoisotopic (exact) mass is 376 g/mol. The van der Waals surface area contributed by atoms with E-state index in [0.717, 1.165) is 17.8 Å². The maximum atomic E-state index is 12.5. The average Bonchev–Trinajstić information content (AvgIpc) is 3.33. The maximum absolute atomic E-state index is 12.5. The van der Waals surface area contributed by atoms with E-state index >= 15 is 0 Å². The lowest BCUT2D eigenvalue weighted by atomic mass is 9.96. The lowest BCUT2D eigenvalue weighted by molar-refractivity contribution is -0.121. The highest BCUT2D eigenvalue weighted by molar-refractivity contribution is 7.15. The molecule has 7 nitrogen and oxygen atoms in total. The molecular formula is C18H24N4O3S. The molecule has 1 saturated heterocycles. The Labute approximate surface area is 156 Å². The minimum Gasteiger partial charge on any atom is -0.459 e. The number of amides is 2. The second-order valence-electron chi connectivity index (χ2n) is 6.67. The zero-order valence-corrected chi connectivity index (χ0v) is 15.9. The van der Waals surface area contributed by atoms with Crippen LogP contribution in [0.25, 0.3) is 0 Å². The van der Waals surface area contributed by atoms with Crippen LogP contribution in [0, 0.1) is 5.92 Å². The molecule has 0 radical (unpaired) electrons. The number of likely N-dealkylation sites (tertiary alicyclic amines) is 1. The Bertz CT molecular complexity index is 735. The van der Waals surface area contributed by atoms with Gasteiger partial charge in [0.2, 0.25) is 11.0 Å². The summed E-state index contributed by atoms with van der Waals surface area (Å²) < 4.78 is 5.16. The number of nitrogens with one attached hydrogen (secondary N) is 1. The normalized spacial score (nSPS) is 16.5. The van der Waals surface area contributed by atoms with Gasteiger partial charge in [-0.1, -0.05) is 31.6 Å². The van der Waals surface area contributed by atoms with E-state index in [4.69, 9.17) is 4.42 Å². The summed E-state index contributed by atoms with van der Waals surface area (Å²) in [6.07, 6.45) is 4.92. The van der Waals surface area contributed by atoms with Crippen molar-refractivity contribution in [3.8, 4) is 0 Å². The summed E-state index contributed by atoms with van der Waals surface area (Å²) in [4.78, 5) is 26.5. The zero-order chi connectivity index (χ0) is 18.5. The van der Waals surface area contributed by atoms with Crippen molar-refractivity contribution in [2.24, 2.45) is 5.92 Å². The molecule has 2 amide bonds. The third kappa shape index (κ3) is 4.30. The van der Waals surface area contributed by atoms with Gasteiger partial charge in [-0.2, -0.15) is 0 Å². The lowest BCUT2D eigenvalue weighted by Gasteiger charge is -2.30. The number of hydrogen-bond donors (Lipinski definition) is 1. The van der Waals surface area contributed by atoms with Crippen LogP contribution in [0.15, 0.2) is 22.8 Å². The predicted molar refractivity (Wildman–Crippen MR) is 99.2 cm³/mol. The van der Waals surface area contributed by atoms with Crippen LogP contribution < -0.4 is 5.32 Å². The van der Waals surface area contributed by atoms with Gasteiger partial charge in [0.1, 0.15) is 5.01 Å². The van der Waals surface area contributed by atoms with Gasteiger partial charge < -0.3 is 14.6 Å². The van der Waals surface area contributed by atoms with Crippen molar-refractivity contribution in [3.05, 3.63) is 29.2 Å². The predicted octanol–water partition coefficient (Wildman–Crippen LogP) is 3.53. The van der Waals surface area contributed by atoms with Crippen LogP contribution in [0.5, 0.6) is 0 Å². The van der Waals surface area contributed by atoms with E-state index in [2.05, 4.69) is 29.4 Å². The fourth-order valence-corrected chi connectivity index (χ4v) is 3.98. The Kier molecular flexibility index (Phi) is 6.03. The molecule has 0 bridgehead atoms. The molecule has 1 aliphatic rings. The molecule has 0 spiro atoms. The highest BCUT2D eigenvalue weighted by atomic mass is 32.1. The SMILES string of the molecule is CCC[C@H](C)c1nnc(NC(=O)C2CCN(C(=O)c3ccco3)CC2)s1. The summed E-state index contributed by atoms with van der Waals surface area (Å²) >= 11 is 1.45. The van der Waals surface area contributed by atoms with Crippen molar-refractivity contribution in [2.75, 3.05) is 18.4 Å². The molecule has 0 aromatic carbocycles. The number of hydrogen-bond acceptors (Lipinski definition) is 6. The van der Waals surface area contributed by atoms with Crippen LogP contribution in [-0.4, -0.2) is 40.0 Å². The van der Waals surface area contributed by atoms with Crippen LogP contribution in [0.4, 0.5) is 5.13 Å². The molecule has 3 rings (SSSR count). The lowest BCUT2D eigenvalue weighted by Crippen LogP contribution is -2.41. The molecule has 0 aliphatic carbocycles. The Hall–Kier alpha value is -2.22. The smallest absolute Gasteiger partial charge is 0.289 e. The zero-order valence-electron chi connectivity index (χ0n) is 15.1. The molecule has 2 aromatic rings. The number of furan rings is 1. The molecule has 8 heteroatoms. The molecule has 1 fully saturated rings. The van der Waals surface area contributed by atoms with Crippen LogP contribution >= 0.6 is 11.3 Å². The van der Waals surface area contributed by atoms with Crippen molar-refractivity contribution < 1.29 is 14.0 Å². The molecular weight excluding hydrogens is 352 g/mol. The molecule has 140 valence electrons. The minimum absolute atomic E-state index is 0.0408.